The maximum absolute atomic E-state index is 13.2. The summed E-state index contributed by atoms with van der Waals surface area (Å²) in [4.78, 5) is 0. The molecule has 3 N–H and O–H groups in total. The molecule has 1 saturated carbocycles. The van der Waals surface area contributed by atoms with Gasteiger partial charge in [-0.1, -0.05) is 6.07 Å². The molecule has 0 aromatic heterocycles. The summed E-state index contributed by atoms with van der Waals surface area (Å²) in [5.74, 6) is 0.0998. The zero-order chi connectivity index (χ0) is 12.4. The molecule has 2 rings (SSSR count). The predicted molar refractivity (Wildman–Crippen MR) is 63.3 cm³/mol. The highest BCUT2D eigenvalue weighted by molar-refractivity contribution is 5.36. The van der Waals surface area contributed by atoms with Crippen molar-refractivity contribution in [1.82, 2.24) is 0 Å². The molecule has 1 aromatic rings. The lowest BCUT2D eigenvalue weighted by Crippen LogP contribution is -2.26. The summed E-state index contributed by atoms with van der Waals surface area (Å²) >= 11 is 0. The SMILES string of the molecule is C[C@H](N)c1ccc(F)cc1OC1CCCC1O. The van der Waals surface area contributed by atoms with Crippen molar-refractivity contribution in [3.8, 4) is 5.75 Å². The Bertz CT molecular complexity index is 395. The van der Waals surface area contributed by atoms with Gasteiger partial charge in [-0.2, -0.15) is 0 Å². The molecule has 17 heavy (non-hydrogen) atoms. The number of ether oxygens (including phenoxy) is 1. The Balaban J connectivity index is 2.21. The van der Waals surface area contributed by atoms with E-state index < -0.39 is 6.10 Å². The molecular weight excluding hydrogens is 221 g/mol. The molecule has 1 aromatic carbocycles. The predicted octanol–water partition coefficient (Wildman–Crippen LogP) is 2.14. The minimum absolute atomic E-state index is 0.218. The third-order valence-electron chi connectivity index (χ3n) is 3.16. The smallest absolute Gasteiger partial charge is 0.127 e. The summed E-state index contributed by atoms with van der Waals surface area (Å²) in [5.41, 5.74) is 6.58. The van der Waals surface area contributed by atoms with E-state index in [1.807, 2.05) is 6.92 Å². The van der Waals surface area contributed by atoms with Crippen LogP contribution in [0.3, 0.4) is 0 Å². The molecule has 1 fully saturated rings. The Hall–Kier alpha value is -1.13. The van der Waals surface area contributed by atoms with Gasteiger partial charge < -0.3 is 15.6 Å². The molecule has 1 aliphatic rings. The molecule has 4 heteroatoms. The van der Waals surface area contributed by atoms with Gasteiger partial charge in [0.05, 0.1) is 6.10 Å². The molecule has 0 bridgehead atoms. The molecule has 1 aliphatic carbocycles. The van der Waals surface area contributed by atoms with Gasteiger partial charge in [0.2, 0.25) is 0 Å². The Morgan fingerprint density at radius 1 is 1.47 bits per heavy atom. The number of nitrogens with two attached hydrogens (primary N) is 1. The average molecular weight is 239 g/mol. The molecule has 94 valence electrons. The van der Waals surface area contributed by atoms with Gasteiger partial charge in [0.15, 0.2) is 0 Å². The Morgan fingerprint density at radius 2 is 2.24 bits per heavy atom. The van der Waals surface area contributed by atoms with E-state index in [0.717, 1.165) is 24.8 Å². The van der Waals surface area contributed by atoms with Crippen molar-refractivity contribution < 1.29 is 14.2 Å². The lowest BCUT2D eigenvalue weighted by molar-refractivity contribution is 0.0594. The zero-order valence-electron chi connectivity index (χ0n) is 9.90. The molecule has 0 amide bonds. The van der Waals surface area contributed by atoms with Crippen LogP contribution < -0.4 is 10.5 Å². The number of aliphatic hydroxyl groups is 1. The van der Waals surface area contributed by atoms with Crippen LogP contribution in [0.25, 0.3) is 0 Å². The second-order valence-corrected chi connectivity index (χ2v) is 4.63. The first-order valence-corrected chi connectivity index (χ1v) is 5.97. The van der Waals surface area contributed by atoms with Crippen LogP contribution in [-0.2, 0) is 0 Å². The quantitative estimate of drug-likeness (QED) is 0.849. The van der Waals surface area contributed by atoms with Crippen molar-refractivity contribution in [2.75, 3.05) is 0 Å². The van der Waals surface area contributed by atoms with Gasteiger partial charge >= 0.3 is 0 Å². The monoisotopic (exact) mass is 239 g/mol. The number of hydrogen-bond donors (Lipinski definition) is 2. The van der Waals surface area contributed by atoms with Gasteiger partial charge in [0, 0.05) is 17.7 Å². The minimum Gasteiger partial charge on any atom is -0.487 e. The normalized spacial score (nSPS) is 25.9. The summed E-state index contributed by atoms with van der Waals surface area (Å²) < 4.78 is 18.9. The van der Waals surface area contributed by atoms with Crippen molar-refractivity contribution in [2.45, 2.75) is 44.4 Å². The topological polar surface area (TPSA) is 55.5 Å². The van der Waals surface area contributed by atoms with E-state index in [-0.39, 0.29) is 18.0 Å². The summed E-state index contributed by atoms with van der Waals surface area (Å²) in [7, 11) is 0. The van der Waals surface area contributed by atoms with Gasteiger partial charge in [0.1, 0.15) is 17.7 Å². The molecular formula is C13H18FNO2. The second kappa shape index (κ2) is 5.02. The van der Waals surface area contributed by atoms with Crippen LogP contribution in [0.5, 0.6) is 5.75 Å². The van der Waals surface area contributed by atoms with Gasteiger partial charge in [-0.15, -0.1) is 0 Å². The van der Waals surface area contributed by atoms with Crippen molar-refractivity contribution in [3.63, 3.8) is 0 Å². The van der Waals surface area contributed by atoms with Crippen LogP contribution in [-0.4, -0.2) is 17.3 Å². The van der Waals surface area contributed by atoms with E-state index in [1.165, 1.54) is 12.1 Å². The van der Waals surface area contributed by atoms with Crippen molar-refractivity contribution >= 4 is 0 Å². The fraction of sp³-hybridized carbons (Fsp3) is 0.538. The van der Waals surface area contributed by atoms with E-state index in [1.54, 1.807) is 6.07 Å². The first-order valence-electron chi connectivity index (χ1n) is 5.97. The van der Waals surface area contributed by atoms with Crippen molar-refractivity contribution in [3.05, 3.63) is 29.6 Å². The van der Waals surface area contributed by atoms with E-state index in [9.17, 15) is 9.50 Å². The lowest BCUT2D eigenvalue weighted by Gasteiger charge is -2.20. The third-order valence-corrected chi connectivity index (χ3v) is 3.16. The van der Waals surface area contributed by atoms with Gasteiger partial charge in [-0.25, -0.2) is 4.39 Å². The minimum atomic E-state index is -0.459. The van der Waals surface area contributed by atoms with E-state index >= 15 is 0 Å². The molecule has 0 aliphatic heterocycles. The third kappa shape index (κ3) is 2.76. The van der Waals surface area contributed by atoms with Crippen LogP contribution in [0, 0.1) is 5.82 Å². The Morgan fingerprint density at radius 3 is 2.82 bits per heavy atom. The van der Waals surface area contributed by atoms with Crippen molar-refractivity contribution in [1.29, 1.82) is 0 Å². The molecule has 3 nitrogen and oxygen atoms in total. The number of benzene rings is 1. The summed E-state index contributed by atoms with van der Waals surface area (Å²) in [5, 5.41) is 9.70. The number of aliphatic hydroxyl groups excluding tert-OH is 1. The molecule has 0 radical (unpaired) electrons. The average Bonchev–Trinajstić information content (AvgIpc) is 2.64. The molecule has 0 saturated heterocycles. The summed E-state index contributed by atoms with van der Waals surface area (Å²) in [6.45, 7) is 1.82. The van der Waals surface area contributed by atoms with Gasteiger partial charge in [-0.3, -0.25) is 0 Å². The Kier molecular flexibility index (Phi) is 3.64. The first kappa shape index (κ1) is 12.3. The highest BCUT2D eigenvalue weighted by Crippen LogP contribution is 2.30. The number of rotatable bonds is 3. The first-order chi connectivity index (χ1) is 8.08. The molecule has 3 atom stereocenters. The molecule has 0 heterocycles. The van der Waals surface area contributed by atoms with Crippen LogP contribution in [0.2, 0.25) is 0 Å². The van der Waals surface area contributed by atoms with E-state index in [4.69, 9.17) is 10.5 Å². The Labute approximate surface area is 100 Å². The molecule has 0 spiro atoms. The van der Waals surface area contributed by atoms with E-state index in [0.29, 0.717) is 5.75 Å². The summed E-state index contributed by atoms with van der Waals surface area (Å²) in [6, 6.07) is 4.13. The van der Waals surface area contributed by atoms with Gasteiger partial charge in [0.25, 0.3) is 0 Å². The largest absolute Gasteiger partial charge is 0.487 e. The van der Waals surface area contributed by atoms with Crippen LogP contribution in [0.15, 0.2) is 18.2 Å². The fourth-order valence-electron chi connectivity index (χ4n) is 2.19. The highest BCUT2D eigenvalue weighted by atomic mass is 19.1. The fourth-order valence-corrected chi connectivity index (χ4v) is 2.19. The van der Waals surface area contributed by atoms with Crippen LogP contribution >= 0.6 is 0 Å². The second-order valence-electron chi connectivity index (χ2n) is 4.63. The maximum atomic E-state index is 13.2. The zero-order valence-corrected chi connectivity index (χ0v) is 9.90. The number of halogens is 1. The summed E-state index contributed by atoms with van der Waals surface area (Å²) in [6.07, 6.45) is 1.78. The van der Waals surface area contributed by atoms with Crippen LogP contribution in [0.1, 0.15) is 37.8 Å². The van der Waals surface area contributed by atoms with Gasteiger partial charge in [-0.05, 0) is 32.3 Å². The van der Waals surface area contributed by atoms with E-state index in [2.05, 4.69) is 0 Å². The van der Waals surface area contributed by atoms with Crippen molar-refractivity contribution in [2.24, 2.45) is 5.73 Å². The molecule has 2 unspecified atom stereocenters. The van der Waals surface area contributed by atoms with Crippen LogP contribution in [0.4, 0.5) is 4.39 Å². The maximum Gasteiger partial charge on any atom is 0.127 e. The highest BCUT2D eigenvalue weighted by Gasteiger charge is 2.27. The standard InChI is InChI=1S/C13H18FNO2/c1-8(15)10-6-5-9(14)7-13(10)17-12-4-2-3-11(12)16/h5-8,11-12,16H,2-4,15H2,1H3/t8-,11?,12?/m0/s1. The number of hydrogen-bond acceptors (Lipinski definition) is 3. The lowest BCUT2D eigenvalue weighted by atomic mass is 10.1.